The van der Waals surface area contributed by atoms with Crippen LogP contribution in [-0.2, 0) is 11.2 Å². The Bertz CT molecular complexity index is 784. The van der Waals surface area contributed by atoms with E-state index < -0.39 is 0 Å². The Kier molecular flexibility index (Phi) is 5.00. The fourth-order valence-electron chi connectivity index (χ4n) is 2.49. The van der Waals surface area contributed by atoms with Crippen molar-refractivity contribution in [2.24, 2.45) is 0 Å². The highest BCUT2D eigenvalue weighted by Crippen LogP contribution is 2.20. The molecule has 3 aromatic rings. The van der Waals surface area contributed by atoms with Gasteiger partial charge >= 0.3 is 0 Å². The first kappa shape index (κ1) is 16.3. The lowest BCUT2D eigenvalue weighted by Crippen LogP contribution is -2.31. The molecule has 0 unspecified atom stereocenters. The Morgan fingerprint density at radius 1 is 1.33 bits per heavy atom. The van der Waals surface area contributed by atoms with Crippen molar-refractivity contribution < 1.29 is 4.79 Å². The number of aromatic amines is 1. The van der Waals surface area contributed by atoms with E-state index in [0.717, 1.165) is 10.7 Å². The van der Waals surface area contributed by atoms with Crippen LogP contribution in [0.1, 0.15) is 24.1 Å². The smallest absolute Gasteiger partial charge is 0.228 e. The minimum absolute atomic E-state index is 0.0622. The zero-order chi connectivity index (χ0) is 16.9. The van der Waals surface area contributed by atoms with Crippen LogP contribution in [0.5, 0.6) is 0 Å². The molecule has 1 amide bonds. The number of nitrogens with zero attached hydrogens (tertiary/aromatic N) is 4. The number of carbonyl (C=O) groups excluding carboxylic acids is 1. The van der Waals surface area contributed by atoms with Crippen molar-refractivity contribution in [3.63, 3.8) is 0 Å². The molecule has 0 bridgehead atoms. The minimum Gasteiger partial charge on any atom is -0.345 e. The van der Waals surface area contributed by atoms with Crippen LogP contribution in [0.4, 0.5) is 0 Å². The predicted octanol–water partition coefficient (Wildman–Crippen LogP) is 2.73. The van der Waals surface area contributed by atoms with Gasteiger partial charge in [0, 0.05) is 19.0 Å². The normalized spacial score (nSPS) is 12.1. The van der Waals surface area contributed by atoms with Gasteiger partial charge in [-0.25, -0.2) is 9.97 Å². The monoisotopic (exact) mass is 341 g/mol. The number of aromatic nitrogens is 4. The van der Waals surface area contributed by atoms with Crippen LogP contribution in [0.2, 0.25) is 0 Å². The minimum atomic E-state index is 0.0622. The van der Waals surface area contributed by atoms with Crippen molar-refractivity contribution in [2.75, 3.05) is 13.6 Å². The molecule has 7 heteroatoms. The van der Waals surface area contributed by atoms with Gasteiger partial charge in [0.1, 0.15) is 6.33 Å². The van der Waals surface area contributed by atoms with E-state index in [4.69, 9.17) is 0 Å². The molecule has 2 heterocycles. The van der Waals surface area contributed by atoms with Crippen LogP contribution in [-0.4, -0.2) is 44.6 Å². The molecule has 1 N–H and O–H groups in total. The number of H-pyrrole nitrogens is 1. The molecule has 0 aliphatic heterocycles. The van der Waals surface area contributed by atoms with E-state index in [-0.39, 0.29) is 5.91 Å². The molecule has 0 fully saturated rings. The molecule has 0 radical (unpaired) electrons. The van der Waals surface area contributed by atoms with Crippen LogP contribution in [0, 0.1) is 0 Å². The van der Waals surface area contributed by atoms with Crippen LogP contribution in [0.3, 0.4) is 0 Å². The molecule has 0 spiro atoms. The number of carbonyl (C=O) groups is 1. The van der Waals surface area contributed by atoms with Crippen molar-refractivity contribution in [1.29, 1.82) is 0 Å². The van der Waals surface area contributed by atoms with Crippen LogP contribution in [0.15, 0.2) is 42.0 Å². The van der Waals surface area contributed by atoms with Crippen LogP contribution in [0.25, 0.3) is 10.8 Å². The number of hydrogen-bond acceptors (Lipinski definition) is 5. The molecule has 0 saturated heterocycles. The second-order valence-electron chi connectivity index (χ2n) is 5.74. The fraction of sp³-hybridized carbons (Fsp3) is 0.294. The summed E-state index contributed by atoms with van der Waals surface area (Å²) in [5.74, 6) is 0.984. The van der Waals surface area contributed by atoms with Gasteiger partial charge < -0.3 is 4.90 Å². The number of benzene rings is 1. The third kappa shape index (κ3) is 3.86. The number of rotatable bonds is 6. The summed E-state index contributed by atoms with van der Waals surface area (Å²) in [7, 11) is 1.84. The summed E-state index contributed by atoms with van der Waals surface area (Å²) < 4.78 is 0. The quantitative estimate of drug-likeness (QED) is 0.748. The number of likely N-dealkylation sites (N-methyl/N-ethyl adjacent to an activating group) is 1. The highest BCUT2D eigenvalue weighted by Gasteiger charge is 2.16. The summed E-state index contributed by atoms with van der Waals surface area (Å²) in [4.78, 5) is 22.7. The second-order valence-corrected chi connectivity index (χ2v) is 6.60. The SMILES string of the molecule is C[C@H](CN(C)C(=O)Cc1csc(-c2ncn[nH]2)n1)c1ccccc1. The molecular formula is C17H19N5OS. The molecule has 0 aliphatic carbocycles. The van der Waals surface area contributed by atoms with Gasteiger partial charge in [0.2, 0.25) is 5.91 Å². The molecule has 3 rings (SSSR count). The Balaban J connectivity index is 1.58. The Morgan fingerprint density at radius 2 is 2.12 bits per heavy atom. The molecule has 24 heavy (non-hydrogen) atoms. The van der Waals surface area contributed by atoms with E-state index >= 15 is 0 Å². The third-order valence-electron chi connectivity index (χ3n) is 3.84. The maximum absolute atomic E-state index is 12.4. The van der Waals surface area contributed by atoms with E-state index in [1.807, 2.05) is 30.6 Å². The van der Waals surface area contributed by atoms with E-state index in [2.05, 4.69) is 39.2 Å². The lowest BCUT2D eigenvalue weighted by Gasteiger charge is -2.21. The van der Waals surface area contributed by atoms with Crippen molar-refractivity contribution >= 4 is 17.2 Å². The summed E-state index contributed by atoms with van der Waals surface area (Å²) in [5, 5.41) is 9.23. The standard InChI is InChI=1S/C17H19N5OS/c1-12(13-6-4-3-5-7-13)9-22(2)15(23)8-14-10-24-17(20-14)16-18-11-19-21-16/h3-7,10-12H,8-9H2,1-2H3,(H,18,19,21)/t12-/m1/s1. The maximum atomic E-state index is 12.4. The van der Waals surface area contributed by atoms with Gasteiger partial charge in [-0.3, -0.25) is 9.89 Å². The van der Waals surface area contributed by atoms with Crippen molar-refractivity contribution in [3.05, 3.63) is 53.3 Å². The van der Waals surface area contributed by atoms with Gasteiger partial charge in [0.15, 0.2) is 10.8 Å². The summed E-state index contributed by atoms with van der Waals surface area (Å²) in [5.41, 5.74) is 1.99. The van der Waals surface area contributed by atoms with Gasteiger partial charge in [0.25, 0.3) is 0 Å². The summed E-state index contributed by atoms with van der Waals surface area (Å²) in [6.45, 7) is 2.81. The predicted molar refractivity (Wildman–Crippen MR) is 93.7 cm³/mol. The summed E-state index contributed by atoms with van der Waals surface area (Å²) in [6, 6.07) is 10.2. The van der Waals surface area contributed by atoms with Crippen molar-refractivity contribution in [1.82, 2.24) is 25.1 Å². The molecule has 2 aromatic heterocycles. The van der Waals surface area contributed by atoms with Crippen molar-refractivity contribution in [2.45, 2.75) is 19.3 Å². The van der Waals surface area contributed by atoms with Crippen LogP contribution < -0.4 is 0 Å². The average Bonchev–Trinajstić information content (AvgIpc) is 3.26. The van der Waals surface area contributed by atoms with E-state index in [1.54, 1.807) is 4.90 Å². The van der Waals surface area contributed by atoms with Gasteiger partial charge in [-0.2, -0.15) is 5.10 Å². The average molecular weight is 341 g/mol. The number of thiazole rings is 1. The highest BCUT2D eigenvalue weighted by molar-refractivity contribution is 7.13. The van der Waals surface area contributed by atoms with Gasteiger partial charge in [0.05, 0.1) is 12.1 Å². The molecular weight excluding hydrogens is 322 g/mol. The summed E-state index contributed by atoms with van der Waals surface area (Å²) in [6.07, 6.45) is 1.74. The molecule has 1 atom stereocenters. The highest BCUT2D eigenvalue weighted by atomic mass is 32.1. The van der Waals surface area contributed by atoms with E-state index in [9.17, 15) is 4.79 Å². The Hall–Kier alpha value is -2.54. The zero-order valence-electron chi connectivity index (χ0n) is 13.6. The second kappa shape index (κ2) is 7.35. The van der Waals surface area contributed by atoms with Gasteiger partial charge in [-0.15, -0.1) is 11.3 Å². The molecule has 6 nitrogen and oxygen atoms in total. The first-order valence-corrected chi connectivity index (χ1v) is 8.60. The molecule has 0 aliphatic rings. The van der Waals surface area contributed by atoms with Crippen molar-refractivity contribution in [3.8, 4) is 10.8 Å². The number of nitrogens with one attached hydrogen (secondary N) is 1. The fourth-order valence-corrected chi connectivity index (χ4v) is 3.26. The maximum Gasteiger partial charge on any atom is 0.228 e. The number of amides is 1. The van der Waals surface area contributed by atoms with E-state index in [1.165, 1.54) is 23.2 Å². The summed E-state index contributed by atoms with van der Waals surface area (Å²) >= 11 is 1.46. The molecule has 124 valence electrons. The Morgan fingerprint density at radius 3 is 2.83 bits per heavy atom. The number of hydrogen-bond donors (Lipinski definition) is 1. The third-order valence-corrected chi connectivity index (χ3v) is 4.74. The van der Waals surface area contributed by atoms with Gasteiger partial charge in [-0.1, -0.05) is 37.3 Å². The first-order valence-electron chi connectivity index (χ1n) is 7.72. The lowest BCUT2D eigenvalue weighted by molar-refractivity contribution is -0.129. The van der Waals surface area contributed by atoms with Gasteiger partial charge in [-0.05, 0) is 11.5 Å². The largest absolute Gasteiger partial charge is 0.345 e. The van der Waals surface area contributed by atoms with E-state index in [0.29, 0.717) is 24.7 Å². The lowest BCUT2D eigenvalue weighted by atomic mass is 10.0. The molecule has 1 aromatic carbocycles. The zero-order valence-corrected chi connectivity index (χ0v) is 14.5. The first-order chi connectivity index (χ1) is 11.6. The molecule has 0 saturated carbocycles. The topological polar surface area (TPSA) is 74.8 Å². The Labute approximate surface area is 144 Å². The van der Waals surface area contributed by atoms with Crippen LogP contribution >= 0.6 is 11.3 Å².